The van der Waals surface area contributed by atoms with Crippen molar-refractivity contribution >= 4 is 15.8 Å². The summed E-state index contributed by atoms with van der Waals surface area (Å²) < 4.78 is 22.4. The first kappa shape index (κ1) is 13.4. The minimum Gasteiger partial charge on any atom is -0.544 e. The molecular weight excluding hydrogens is 230 g/mol. The summed E-state index contributed by atoms with van der Waals surface area (Å²) >= 11 is 0. The molecule has 5 nitrogen and oxygen atoms in total. The van der Waals surface area contributed by atoms with E-state index in [-0.39, 0.29) is 17.5 Å². The van der Waals surface area contributed by atoms with Crippen molar-refractivity contribution in [2.45, 2.75) is 44.7 Å². The van der Waals surface area contributed by atoms with E-state index >= 15 is 0 Å². The van der Waals surface area contributed by atoms with Crippen molar-refractivity contribution in [2.24, 2.45) is 0 Å². The Bertz CT molecular complexity index is 339. The molecule has 0 saturated carbocycles. The van der Waals surface area contributed by atoms with E-state index in [4.69, 9.17) is 0 Å². The zero-order chi connectivity index (χ0) is 12.2. The smallest absolute Gasteiger partial charge is 0.156 e. The molecule has 1 saturated heterocycles. The molecule has 1 aliphatic rings. The van der Waals surface area contributed by atoms with Gasteiger partial charge in [-0.3, -0.25) is 0 Å². The summed E-state index contributed by atoms with van der Waals surface area (Å²) in [5, 5.41) is 12.5. The number of aliphatic carboxylic acids is 1. The molecule has 1 rings (SSSR count). The van der Waals surface area contributed by atoms with Gasteiger partial charge < -0.3 is 15.2 Å². The number of carbonyl (C=O) groups excluding carboxylic acids is 1. The second kappa shape index (κ2) is 5.63. The van der Waals surface area contributed by atoms with E-state index in [1.54, 1.807) is 5.32 Å². The summed E-state index contributed by atoms with van der Waals surface area (Å²) in [7, 11) is -2.93. The van der Waals surface area contributed by atoms with Crippen LogP contribution in [0.1, 0.15) is 32.6 Å². The highest BCUT2D eigenvalue weighted by atomic mass is 32.2. The van der Waals surface area contributed by atoms with Crippen molar-refractivity contribution in [2.75, 3.05) is 11.5 Å². The number of hydrogen-bond acceptors (Lipinski definition) is 4. The number of rotatable bonds is 6. The molecule has 94 valence electrons. The highest BCUT2D eigenvalue weighted by Crippen LogP contribution is 2.08. The minimum absolute atomic E-state index is 0.100. The van der Waals surface area contributed by atoms with E-state index < -0.39 is 21.8 Å². The van der Waals surface area contributed by atoms with Gasteiger partial charge in [0.05, 0.1) is 11.7 Å². The third-order valence-corrected chi connectivity index (χ3v) is 4.74. The highest BCUT2D eigenvalue weighted by molar-refractivity contribution is 7.91. The van der Waals surface area contributed by atoms with Crippen LogP contribution < -0.4 is 10.4 Å². The molecule has 2 atom stereocenters. The average molecular weight is 249 g/mol. The molecule has 6 heteroatoms. The van der Waals surface area contributed by atoms with Crippen molar-refractivity contribution in [3.05, 3.63) is 0 Å². The first-order valence-corrected chi connectivity index (χ1v) is 7.53. The number of carboxylic acid groups (broad SMARTS) is 1. The standard InChI is InChI=1S/C10H19NO4S/c1-2-3-4-9(10(12)13)11-8-5-6-16(14,15)7-8/h8-9,11H,2-7H2,1H3,(H,12,13)/t8-,9+/m0/s1. The van der Waals surface area contributed by atoms with Gasteiger partial charge >= 0.3 is 0 Å². The fourth-order valence-electron chi connectivity index (χ4n) is 2.02. The van der Waals surface area contributed by atoms with Gasteiger partial charge in [-0.15, -0.1) is 0 Å². The molecule has 0 spiro atoms. The molecule has 2 N–H and O–H groups in total. The summed E-state index contributed by atoms with van der Waals surface area (Å²) in [5.74, 6) is -0.803. The molecule has 1 fully saturated rings. The molecule has 0 bridgehead atoms. The Morgan fingerprint density at radius 3 is 2.69 bits per heavy atom. The Balaban J connectivity index is 2.46. The molecule has 1 heterocycles. The van der Waals surface area contributed by atoms with Crippen molar-refractivity contribution in [3.63, 3.8) is 0 Å². The second-order valence-corrected chi connectivity index (χ2v) is 6.65. The second-order valence-electron chi connectivity index (χ2n) is 4.42. The lowest BCUT2D eigenvalue weighted by molar-refractivity contribution is -0.711. The van der Waals surface area contributed by atoms with Crippen LogP contribution in [-0.2, 0) is 14.6 Å². The predicted octanol–water partition coefficient (Wildman–Crippen LogP) is -1.95. The largest absolute Gasteiger partial charge is 0.544 e. The first-order valence-electron chi connectivity index (χ1n) is 5.71. The predicted molar refractivity (Wildman–Crippen MR) is 57.3 cm³/mol. The topological polar surface area (TPSA) is 90.9 Å². The molecule has 0 aromatic rings. The molecule has 0 radical (unpaired) electrons. The summed E-state index contributed by atoms with van der Waals surface area (Å²) in [6.45, 7) is 1.99. The lowest BCUT2D eigenvalue weighted by Gasteiger charge is -2.19. The summed E-state index contributed by atoms with van der Waals surface area (Å²) in [6.07, 6.45) is 2.86. The quantitative estimate of drug-likeness (QED) is 0.592. The molecule has 16 heavy (non-hydrogen) atoms. The number of nitrogens with two attached hydrogens (primary N) is 1. The van der Waals surface area contributed by atoms with Gasteiger partial charge in [0.2, 0.25) is 0 Å². The number of quaternary nitrogens is 1. The van der Waals surface area contributed by atoms with Crippen LogP contribution in [0.5, 0.6) is 0 Å². The van der Waals surface area contributed by atoms with E-state index in [2.05, 4.69) is 0 Å². The van der Waals surface area contributed by atoms with Crippen molar-refractivity contribution in [1.29, 1.82) is 0 Å². The molecular formula is C10H19NO4S. The van der Waals surface area contributed by atoms with Crippen LogP contribution in [0.4, 0.5) is 0 Å². The SMILES string of the molecule is CCCC[C@@H]([NH2+][C@H]1CCS(=O)(=O)C1)C(=O)[O-]. The maximum Gasteiger partial charge on any atom is 0.156 e. The Morgan fingerprint density at radius 2 is 2.25 bits per heavy atom. The van der Waals surface area contributed by atoms with E-state index in [0.29, 0.717) is 12.8 Å². The Kier molecular flexibility index (Phi) is 4.73. The van der Waals surface area contributed by atoms with Gasteiger partial charge in [0.25, 0.3) is 0 Å². The van der Waals surface area contributed by atoms with Crippen molar-refractivity contribution < 1.29 is 23.6 Å². The maximum absolute atomic E-state index is 11.2. The average Bonchev–Trinajstić information content (AvgIpc) is 2.52. The van der Waals surface area contributed by atoms with Crippen LogP contribution in [0.15, 0.2) is 0 Å². The fraction of sp³-hybridized carbons (Fsp3) is 0.900. The van der Waals surface area contributed by atoms with Gasteiger partial charge in [0.15, 0.2) is 9.84 Å². The number of carboxylic acids is 1. The van der Waals surface area contributed by atoms with Crippen LogP contribution in [0.3, 0.4) is 0 Å². The molecule has 0 aromatic heterocycles. The van der Waals surface area contributed by atoms with Crippen LogP contribution in [0.2, 0.25) is 0 Å². The Hall–Kier alpha value is -0.620. The van der Waals surface area contributed by atoms with Crippen LogP contribution >= 0.6 is 0 Å². The first-order chi connectivity index (χ1) is 7.44. The number of carbonyl (C=O) groups is 1. The van der Waals surface area contributed by atoms with Gasteiger partial charge in [-0.25, -0.2) is 8.42 Å². The Morgan fingerprint density at radius 1 is 1.56 bits per heavy atom. The normalized spacial score (nSPS) is 25.4. The van der Waals surface area contributed by atoms with E-state index in [1.807, 2.05) is 6.92 Å². The van der Waals surface area contributed by atoms with Gasteiger partial charge in [0, 0.05) is 12.8 Å². The highest BCUT2D eigenvalue weighted by Gasteiger charge is 2.32. The molecule has 0 unspecified atom stereocenters. The lowest BCUT2D eigenvalue weighted by Crippen LogP contribution is -2.97. The zero-order valence-electron chi connectivity index (χ0n) is 9.52. The van der Waals surface area contributed by atoms with Crippen LogP contribution in [0.25, 0.3) is 0 Å². The van der Waals surface area contributed by atoms with E-state index in [9.17, 15) is 18.3 Å². The monoisotopic (exact) mass is 249 g/mol. The van der Waals surface area contributed by atoms with Gasteiger partial charge in [0.1, 0.15) is 17.8 Å². The third kappa shape index (κ3) is 4.09. The van der Waals surface area contributed by atoms with Gasteiger partial charge in [-0.1, -0.05) is 13.3 Å². The zero-order valence-corrected chi connectivity index (χ0v) is 10.3. The summed E-state index contributed by atoms with van der Waals surface area (Å²) in [5.41, 5.74) is 0. The van der Waals surface area contributed by atoms with Crippen molar-refractivity contribution in [3.8, 4) is 0 Å². The van der Waals surface area contributed by atoms with Gasteiger partial charge in [-0.2, -0.15) is 0 Å². The molecule has 1 aliphatic heterocycles. The summed E-state index contributed by atoms with van der Waals surface area (Å²) in [4.78, 5) is 10.9. The maximum atomic E-state index is 11.2. The van der Waals surface area contributed by atoms with Crippen LogP contribution in [0, 0.1) is 0 Å². The number of sulfone groups is 1. The lowest BCUT2D eigenvalue weighted by atomic mass is 10.1. The number of hydrogen-bond donors (Lipinski definition) is 1. The third-order valence-electron chi connectivity index (χ3n) is 2.94. The van der Waals surface area contributed by atoms with Crippen molar-refractivity contribution in [1.82, 2.24) is 0 Å². The molecule has 0 amide bonds. The van der Waals surface area contributed by atoms with E-state index in [0.717, 1.165) is 12.8 Å². The Labute approximate surface area is 96.1 Å². The fourth-order valence-corrected chi connectivity index (χ4v) is 3.78. The molecule has 0 aromatic carbocycles. The van der Waals surface area contributed by atoms with Crippen LogP contribution in [-0.4, -0.2) is 38.0 Å². The van der Waals surface area contributed by atoms with Gasteiger partial charge in [-0.05, 0) is 6.42 Å². The molecule has 0 aliphatic carbocycles. The van der Waals surface area contributed by atoms with E-state index in [1.165, 1.54) is 0 Å². The summed E-state index contributed by atoms with van der Waals surface area (Å²) in [6, 6.07) is -0.706. The number of unbranched alkanes of at least 4 members (excludes halogenated alkanes) is 1. The minimum atomic E-state index is -2.93.